The van der Waals surface area contributed by atoms with E-state index in [4.69, 9.17) is 18.9 Å². The summed E-state index contributed by atoms with van der Waals surface area (Å²) in [6.07, 6.45) is 2.72. The van der Waals surface area contributed by atoms with Crippen molar-refractivity contribution in [1.29, 1.82) is 0 Å². The number of hydrogen-bond donors (Lipinski definition) is 0. The molecule has 0 bridgehead atoms. The SMILES string of the molecule is COc1ccc(-c2ccc(C[P+](c3ccccc3)(c3ccccc3)c3ccccc3)cc2OC)c(CCc2ccc(Oc3cc(C=O)ccc3OC)c(F)c2)c1.[Br-]. The lowest BCUT2D eigenvalue weighted by Gasteiger charge is -2.28. The highest BCUT2D eigenvalue weighted by atomic mass is 79.9. The second-order valence-electron chi connectivity index (χ2n) is 13.4. The standard InChI is InChI=1S/C49H43FO5P.BrH/c1-52-39-24-26-43(38(32-39)23-19-35-21-27-46(45(50)29-35)55-49-30-36(33-51)22-28-47(49)53-2)44-25-20-37(31-48(44)54-3)34-56(40-13-7-4-8-14-40,41-15-9-5-10-16-41)42-17-11-6-12-18-42;/h4-18,20-22,24-33H,19,23,34H2,1-3H3;1H/q+1;/p-1. The summed E-state index contributed by atoms with van der Waals surface area (Å²) in [6.45, 7) is 0. The van der Waals surface area contributed by atoms with Gasteiger partial charge in [-0.15, -0.1) is 0 Å². The fourth-order valence-corrected chi connectivity index (χ4v) is 11.5. The zero-order valence-corrected chi connectivity index (χ0v) is 34.5. The van der Waals surface area contributed by atoms with Crippen molar-refractivity contribution < 1.29 is 45.1 Å². The van der Waals surface area contributed by atoms with Crippen LogP contribution >= 0.6 is 7.26 Å². The van der Waals surface area contributed by atoms with Crippen molar-refractivity contribution in [2.24, 2.45) is 0 Å². The fraction of sp³-hybridized carbons (Fsp3) is 0.122. The number of carbonyl (C=O) groups excluding carboxylic acids is 1. The molecule has 7 aromatic carbocycles. The summed E-state index contributed by atoms with van der Waals surface area (Å²) >= 11 is 0. The molecule has 0 saturated carbocycles. The maximum atomic E-state index is 15.5. The molecular formula is C49H43BrFO5P. The van der Waals surface area contributed by atoms with Crippen LogP contribution in [0.4, 0.5) is 4.39 Å². The number of benzene rings is 7. The average molecular weight is 842 g/mol. The van der Waals surface area contributed by atoms with Crippen LogP contribution in [0.1, 0.15) is 27.0 Å². The van der Waals surface area contributed by atoms with E-state index in [-0.39, 0.29) is 28.5 Å². The lowest BCUT2D eigenvalue weighted by Crippen LogP contribution is -3.00. The van der Waals surface area contributed by atoms with Gasteiger partial charge in [0, 0.05) is 11.1 Å². The van der Waals surface area contributed by atoms with Crippen molar-refractivity contribution in [3.05, 3.63) is 192 Å². The second-order valence-corrected chi connectivity index (χ2v) is 16.9. The van der Waals surface area contributed by atoms with Crippen LogP contribution < -0.4 is 51.8 Å². The van der Waals surface area contributed by atoms with Crippen LogP contribution in [0.5, 0.6) is 28.7 Å². The van der Waals surface area contributed by atoms with E-state index in [9.17, 15) is 4.79 Å². The fourth-order valence-electron chi connectivity index (χ4n) is 7.29. The quantitative estimate of drug-likeness (QED) is 0.0796. The van der Waals surface area contributed by atoms with Gasteiger partial charge in [-0.3, -0.25) is 4.79 Å². The number of aryl methyl sites for hydroxylation is 2. The molecule has 8 heteroatoms. The molecule has 0 heterocycles. The summed E-state index contributed by atoms with van der Waals surface area (Å²) in [5.74, 6) is 1.71. The Labute approximate surface area is 345 Å². The summed E-state index contributed by atoms with van der Waals surface area (Å²) in [7, 11) is 2.75. The lowest BCUT2D eigenvalue weighted by molar-refractivity contribution is -0.0000190. The minimum Gasteiger partial charge on any atom is -1.00 e. The zero-order valence-electron chi connectivity index (χ0n) is 32.0. The van der Waals surface area contributed by atoms with Crippen LogP contribution in [-0.2, 0) is 19.0 Å². The molecule has 0 amide bonds. The van der Waals surface area contributed by atoms with Gasteiger partial charge in [-0.05, 0) is 120 Å². The van der Waals surface area contributed by atoms with Gasteiger partial charge in [0.1, 0.15) is 41.0 Å². The van der Waals surface area contributed by atoms with Crippen molar-refractivity contribution >= 4 is 29.5 Å². The number of carbonyl (C=O) groups is 1. The van der Waals surface area contributed by atoms with Crippen molar-refractivity contribution in [3.8, 4) is 39.9 Å². The van der Waals surface area contributed by atoms with Gasteiger partial charge in [0.25, 0.3) is 0 Å². The van der Waals surface area contributed by atoms with Gasteiger partial charge in [-0.2, -0.15) is 0 Å². The summed E-state index contributed by atoms with van der Waals surface area (Å²) in [6, 6.07) is 55.0. The number of ether oxygens (including phenoxy) is 4. The van der Waals surface area contributed by atoms with Gasteiger partial charge >= 0.3 is 0 Å². The third kappa shape index (κ3) is 8.96. The second kappa shape index (κ2) is 18.9. The minimum atomic E-state index is -2.13. The van der Waals surface area contributed by atoms with Crippen molar-refractivity contribution in [2.75, 3.05) is 21.3 Å². The maximum Gasteiger partial charge on any atom is 0.170 e. The molecule has 57 heavy (non-hydrogen) atoms. The van der Waals surface area contributed by atoms with Crippen LogP contribution in [0.2, 0.25) is 0 Å². The van der Waals surface area contributed by atoms with Crippen molar-refractivity contribution in [1.82, 2.24) is 0 Å². The first-order chi connectivity index (χ1) is 27.4. The Morgan fingerprint density at radius 3 is 1.67 bits per heavy atom. The molecule has 0 aromatic heterocycles. The normalized spacial score (nSPS) is 10.9. The van der Waals surface area contributed by atoms with E-state index < -0.39 is 13.1 Å². The average Bonchev–Trinajstić information content (AvgIpc) is 3.26. The Hall–Kier alpha value is -5.75. The Balaban J connectivity index is 0.00000549. The maximum absolute atomic E-state index is 15.5. The van der Waals surface area contributed by atoms with Gasteiger partial charge in [0.2, 0.25) is 0 Å². The first-order valence-corrected chi connectivity index (χ1v) is 20.4. The molecule has 0 aliphatic rings. The van der Waals surface area contributed by atoms with E-state index in [2.05, 4.69) is 115 Å². The first kappa shape index (κ1) is 40.9. The monoisotopic (exact) mass is 840 g/mol. The number of hydrogen-bond acceptors (Lipinski definition) is 5. The molecule has 288 valence electrons. The van der Waals surface area contributed by atoms with Crippen LogP contribution in [-0.4, -0.2) is 27.6 Å². The molecule has 5 nitrogen and oxygen atoms in total. The highest BCUT2D eigenvalue weighted by molar-refractivity contribution is 7.95. The number of methoxy groups -OCH3 is 3. The van der Waals surface area contributed by atoms with E-state index in [1.54, 1.807) is 32.4 Å². The van der Waals surface area contributed by atoms with Crippen molar-refractivity contribution in [3.63, 3.8) is 0 Å². The van der Waals surface area contributed by atoms with Crippen LogP contribution in [0, 0.1) is 5.82 Å². The van der Waals surface area contributed by atoms with Gasteiger partial charge in [0.05, 0.1) is 27.5 Å². The molecular weight excluding hydrogens is 798 g/mol. The Kier molecular flexibility index (Phi) is 13.6. The lowest BCUT2D eigenvalue weighted by atomic mass is 9.93. The Bertz CT molecular complexity index is 2330. The van der Waals surface area contributed by atoms with Crippen molar-refractivity contribution in [2.45, 2.75) is 19.0 Å². The van der Waals surface area contributed by atoms with E-state index in [1.165, 1.54) is 40.7 Å². The summed E-state index contributed by atoms with van der Waals surface area (Å²) in [4.78, 5) is 11.3. The number of rotatable bonds is 15. The summed E-state index contributed by atoms with van der Waals surface area (Å²) < 4.78 is 38.4. The first-order valence-electron chi connectivity index (χ1n) is 18.4. The van der Waals surface area contributed by atoms with Crippen LogP contribution in [0.15, 0.2) is 164 Å². The molecule has 0 radical (unpaired) electrons. The molecule has 0 atom stereocenters. The highest BCUT2D eigenvalue weighted by Gasteiger charge is 2.45. The molecule has 0 aliphatic heterocycles. The Morgan fingerprint density at radius 1 is 0.526 bits per heavy atom. The number of aldehydes is 1. The van der Waals surface area contributed by atoms with E-state index in [1.807, 2.05) is 18.2 Å². The summed E-state index contributed by atoms with van der Waals surface area (Å²) in [5, 5.41) is 3.96. The Morgan fingerprint density at radius 2 is 1.11 bits per heavy atom. The molecule has 7 rings (SSSR count). The molecule has 0 spiro atoms. The number of halogens is 2. The van der Waals surface area contributed by atoms with Gasteiger partial charge in [-0.1, -0.05) is 78.9 Å². The van der Waals surface area contributed by atoms with Gasteiger partial charge < -0.3 is 35.9 Å². The molecule has 0 saturated heterocycles. The molecule has 7 aromatic rings. The third-order valence-electron chi connectivity index (χ3n) is 10.1. The third-order valence-corrected chi connectivity index (χ3v) is 14.5. The highest BCUT2D eigenvalue weighted by Crippen LogP contribution is 2.58. The smallest absolute Gasteiger partial charge is 0.170 e. The van der Waals surface area contributed by atoms with Crippen LogP contribution in [0.3, 0.4) is 0 Å². The minimum absolute atomic E-state index is 0. The predicted octanol–water partition coefficient (Wildman–Crippen LogP) is 7.41. The van der Waals surface area contributed by atoms with E-state index >= 15 is 4.39 Å². The van der Waals surface area contributed by atoms with Gasteiger partial charge in [0.15, 0.2) is 23.1 Å². The molecule has 0 unspecified atom stereocenters. The van der Waals surface area contributed by atoms with Crippen LogP contribution in [0.25, 0.3) is 11.1 Å². The van der Waals surface area contributed by atoms with E-state index in [0.29, 0.717) is 30.4 Å². The zero-order chi connectivity index (χ0) is 38.9. The topological polar surface area (TPSA) is 54.0 Å². The van der Waals surface area contributed by atoms with E-state index in [0.717, 1.165) is 39.9 Å². The largest absolute Gasteiger partial charge is 1.00 e. The molecule has 0 N–H and O–H groups in total. The molecule has 0 fully saturated rings. The van der Waals surface area contributed by atoms with Gasteiger partial charge in [-0.25, -0.2) is 4.39 Å². The summed E-state index contributed by atoms with van der Waals surface area (Å²) in [5.41, 5.74) is 5.43. The molecule has 0 aliphatic carbocycles. The predicted molar refractivity (Wildman–Crippen MR) is 226 cm³/mol.